The summed E-state index contributed by atoms with van der Waals surface area (Å²) in [6.45, 7) is 8.60. The highest BCUT2D eigenvalue weighted by Gasteiger charge is 2.16. The minimum absolute atomic E-state index is 0.0364. The average molecular weight is 526 g/mol. The molecule has 1 heterocycles. The minimum atomic E-state index is -0.533. The molecule has 9 heteroatoms. The summed E-state index contributed by atoms with van der Waals surface area (Å²) in [4.78, 5) is 29.2. The van der Waals surface area contributed by atoms with Gasteiger partial charge < -0.3 is 24.8 Å². The van der Waals surface area contributed by atoms with Gasteiger partial charge in [0.05, 0.1) is 6.54 Å². The van der Waals surface area contributed by atoms with Crippen LogP contribution in [0.15, 0.2) is 60.8 Å². The number of rotatable bonds is 11. The van der Waals surface area contributed by atoms with E-state index in [1.807, 2.05) is 75.4 Å². The summed E-state index contributed by atoms with van der Waals surface area (Å²) in [6.07, 6.45) is 2.31. The molecule has 0 unspecified atom stereocenters. The normalized spacial score (nSPS) is 11.9. The highest BCUT2D eigenvalue weighted by Crippen LogP contribution is 2.27. The standard InChI is InChI=1S/C28H35N3O5S/c1-5-22(15-16-29-26(32)34-19-20-9-7-6-8-10-20)35-23-13-11-21(12-14-23)25-30-17-24(37-25)18-31-27(33)36-28(2,3)4/h6-14,17,22H,5,15-16,18-19H2,1-4H3,(H,29,32)(H,31,33)/t22-/m1/s1. The largest absolute Gasteiger partial charge is 0.490 e. The fourth-order valence-electron chi connectivity index (χ4n) is 3.32. The number of alkyl carbamates (subject to hydrolysis) is 2. The van der Waals surface area contributed by atoms with Crippen molar-refractivity contribution in [2.24, 2.45) is 0 Å². The number of carbonyl (C=O) groups excluding carboxylic acids is 2. The third-order valence-corrected chi connectivity index (χ3v) is 6.21. The summed E-state index contributed by atoms with van der Waals surface area (Å²) in [5.41, 5.74) is 1.38. The number of aromatic nitrogens is 1. The second-order valence-corrected chi connectivity index (χ2v) is 10.6. The molecule has 0 fully saturated rings. The zero-order valence-corrected chi connectivity index (χ0v) is 22.6. The Balaban J connectivity index is 1.41. The van der Waals surface area contributed by atoms with Crippen LogP contribution in [0.5, 0.6) is 5.75 Å². The molecule has 0 saturated carbocycles. The monoisotopic (exact) mass is 525 g/mol. The molecule has 0 radical (unpaired) electrons. The van der Waals surface area contributed by atoms with Gasteiger partial charge in [-0.15, -0.1) is 11.3 Å². The molecule has 0 saturated heterocycles. The second-order valence-electron chi connectivity index (χ2n) is 9.44. The van der Waals surface area contributed by atoms with E-state index in [1.165, 1.54) is 11.3 Å². The van der Waals surface area contributed by atoms with Crippen LogP contribution in [0.4, 0.5) is 9.59 Å². The summed E-state index contributed by atoms with van der Waals surface area (Å²) >= 11 is 1.51. The quantitative estimate of drug-likeness (QED) is 0.304. The number of ether oxygens (including phenoxy) is 3. The van der Waals surface area contributed by atoms with Crippen molar-refractivity contribution in [1.29, 1.82) is 0 Å². The molecule has 2 amide bonds. The lowest BCUT2D eigenvalue weighted by molar-refractivity contribution is 0.0524. The fourth-order valence-corrected chi connectivity index (χ4v) is 4.18. The maximum atomic E-state index is 11.9. The molecule has 0 aliphatic heterocycles. The van der Waals surface area contributed by atoms with Gasteiger partial charge in [-0.25, -0.2) is 14.6 Å². The Morgan fingerprint density at radius 3 is 2.41 bits per heavy atom. The zero-order chi connectivity index (χ0) is 26.7. The van der Waals surface area contributed by atoms with Gasteiger partial charge in [0.2, 0.25) is 0 Å². The van der Waals surface area contributed by atoms with E-state index in [1.54, 1.807) is 6.20 Å². The van der Waals surface area contributed by atoms with Gasteiger partial charge in [-0.2, -0.15) is 0 Å². The predicted octanol–water partition coefficient (Wildman–Crippen LogP) is 6.31. The Morgan fingerprint density at radius 1 is 1.00 bits per heavy atom. The molecular formula is C28H35N3O5S. The van der Waals surface area contributed by atoms with Gasteiger partial charge in [0.25, 0.3) is 0 Å². The smallest absolute Gasteiger partial charge is 0.407 e. The van der Waals surface area contributed by atoms with E-state index < -0.39 is 17.8 Å². The van der Waals surface area contributed by atoms with E-state index >= 15 is 0 Å². The number of hydrogen-bond donors (Lipinski definition) is 2. The first-order valence-electron chi connectivity index (χ1n) is 12.3. The van der Waals surface area contributed by atoms with Crippen LogP contribution in [-0.4, -0.2) is 35.4 Å². The van der Waals surface area contributed by atoms with Gasteiger partial charge >= 0.3 is 12.2 Å². The fraction of sp³-hybridized carbons (Fsp3) is 0.393. The summed E-state index contributed by atoms with van der Waals surface area (Å²) in [5.74, 6) is 0.755. The van der Waals surface area contributed by atoms with Crippen LogP contribution in [-0.2, 0) is 22.6 Å². The Hall–Kier alpha value is -3.59. The third kappa shape index (κ3) is 10.1. The maximum absolute atomic E-state index is 11.9. The molecule has 3 aromatic rings. The SMILES string of the molecule is CC[C@H](CCNC(=O)OCc1ccccc1)Oc1ccc(-c2ncc(CNC(=O)OC(C)(C)C)s2)cc1. The van der Waals surface area contributed by atoms with Crippen LogP contribution in [0, 0.1) is 0 Å². The molecule has 2 aromatic carbocycles. The van der Waals surface area contributed by atoms with Crippen molar-refractivity contribution >= 4 is 23.5 Å². The van der Waals surface area contributed by atoms with Gasteiger partial charge in [0, 0.05) is 29.6 Å². The number of benzene rings is 2. The van der Waals surface area contributed by atoms with Crippen LogP contribution in [0.2, 0.25) is 0 Å². The van der Waals surface area contributed by atoms with Gasteiger partial charge in [0.15, 0.2) is 0 Å². The van der Waals surface area contributed by atoms with Crippen LogP contribution >= 0.6 is 11.3 Å². The van der Waals surface area contributed by atoms with E-state index in [0.717, 1.165) is 33.2 Å². The number of hydrogen-bond acceptors (Lipinski definition) is 7. The van der Waals surface area contributed by atoms with Crippen molar-refractivity contribution in [2.45, 2.75) is 65.4 Å². The number of nitrogens with one attached hydrogen (secondary N) is 2. The number of amides is 2. The number of carbonyl (C=O) groups is 2. The Morgan fingerprint density at radius 2 is 1.73 bits per heavy atom. The van der Waals surface area contributed by atoms with Gasteiger partial charge in [-0.1, -0.05) is 37.3 Å². The molecule has 0 spiro atoms. The van der Waals surface area contributed by atoms with Crippen LogP contribution < -0.4 is 15.4 Å². The molecular weight excluding hydrogens is 490 g/mol. The van der Waals surface area contributed by atoms with E-state index in [9.17, 15) is 9.59 Å². The Labute approximate surface area is 222 Å². The first-order valence-corrected chi connectivity index (χ1v) is 13.2. The lowest BCUT2D eigenvalue weighted by Gasteiger charge is -2.19. The van der Waals surface area contributed by atoms with Gasteiger partial charge in [-0.3, -0.25) is 0 Å². The molecule has 2 N–H and O–H groups in total. The summed E-state index contributed by atoms with van der Waals surface area (Å²) in [7, 11) is 0. The molecule has 37 heavy (non-hydrogen) atoms. The summed E-state index contributed by atoms with van der Waals surface area (Å²) in [5, 5.41) is 6.39. The predicted molar refractivity (Wildman–Crippen MR) is 145 cm³/mol. The van der Waals surface area contributed by atoms with E-state index in [-0.39, 0.29) is 12.7 Å². The molecule has 1 aromatic heterocycles. The number of thiazole rings is 1. The van der Waals surface area contributed by atoms with Crippen molar-refractivity contribution in [3.05, 3.63) is 71.2 Å². The van der Waals surface area contributed by atoms with Crippen LogP contribution in [0.1, 0.15) is 51.0 Å². The molecule has 198 valence electrons. The van der Waals surface area contributed by atoms with E-state index in [0.29, 0.717) is 19.5 Å². The molecule has 0 aliphatic rings. The van der Waals surface area contributed by atoms with Crippen molar-refractivity contribution < 1.29 is 23.8 Å². The van der Waals surface area contributed by atoms with Crippen LogP contribution in [0.25, 0.3) is 10.6 Å². The average Bonchev–Trinajstić information content (AvgIpc) is 3.35. The van der Waals surface area contributed by atoms with E-state index in [4.69, 9.17) is 14.2 Å². The first kappa shape index (κ1) is 28.0. The second kappa shape index (κ2) is 13.6. The molecule has 0 bridgehead atoms. The molecule has 0 aliphatic carbocycles. The zero-order valence-electron chi connectivity index (χ0n) is 21.8. The Bertz CT molecular complexity index is 1130. The Kier molecular flexibility index (Phi) is 10.3. The highest BCUT2D eigenvalue weighted by molar-refractivity contribution is 7.15. The number of nitrogens with zero attached hydrogens (tertiary/aromatic N) is 1. The summed E-state index contributed by atoms with van der Waals surface area (Å²) in [6, 6.07) is 17.3. The first-order chi connectivity index (χ1) is 17.7. The molecule has 3 rings (SSSR count). The van der Waals surface area contributed by atoms with Crippen molar-refractivity contribution in [3.63, 3.8) is 0 Å². The molecule has 1 atom stereocenters. The third-order valence-electron chi connectivity index (χ3n) is 5.17. The van der Waals surface area contributed by atoms with Gasteiger partial charge in [0.1, 0.15) is 29.1 Å². The topological polar surface area (TPSA) is 98.8 Å². The lowest BCUT2D eigenvalue weighted by atomic mass is 10.2. The summed E-state index contributed by atoms with van der Waals surface area (Å²) < 4.78 is 16.6. The van der Waals surface area contributed by atoms with Crippen molar-refractivity contribution in [2.75, 3.05) is 6.54 Å². The van der Waals surface area contributed by atoms with Crippen molar-refractivity contribution in [3.8, 4) is 16.3 Å². The highest BCUT2D eigenvalue weighted by atomic mass is 32.1. The van der Waals surface area contributed by atoms with Gasteiger partial charge in [-0.05, 0) is 57.0 Å². The maximum Gasteiger partial charge on any atom is 0.407 e. The van der Waals surface area contributed by atoms with Crippen LogP contribution in [0.3, 0.4) is 0 Å². The lowest BCUT2D eigenvalue weighted by Crippen LogP contribution is -2.31. The minimum Gasteiger partial charge on any atom is -0.490 e. The molecule has 8 nitrogen and oxygen atoms in total. The van der Waals surface area contributed by atoms with Crippen molar-refractivity contribution in [1.82, 2.24) is 15.6 Å². The van der Waals surface area contributed by atoms with E-state index in [2.05, 4.69) is 22.5 Å².